The highest BCUT2D eigenvalue weighted by Crippen LogP contribution is 2.15. The summed E-state index contributed by atoms with van der Waals surface area (Å²) in [5, 5.41) is 1.98. The molecule has 0 amide bonds. The molecule has 1 aromatic rings. The smallest absolute Gasteiger partial charge is 0.301 e. The monoisotopic (exact) mass is 206 g/mol. The molecular formula is C12H16NO2+. The molecule has 2 N–H and O–H groups in total. The van der Waals surface area contributed by atoms with Crippen molar-refractivity contribution in [2.75, 3.05) is 6.54 Å². The van der Waals surface area contributed by atoms with Gasteiger partial charge in [0, 0.05) is 0 Å². The number of rotatable bonds is 3. The molecule has 0 fully saturated rings. The zero-order valence-electron chi connectivity index (χ0n) is 8.69. The highest BCUT2D eigenvalue weighted by atomic mass is 16.7. The molecule has 0 aliphatic carbocycles. The fourth-order valence-corrected chi connectivity index (χ4v) is 1.57. The minimum atomic E-state index is -0.213. The Hall–Kier alpha value is -1.16. The van der Waals surface area contributed by atoms with Gasteiger partial charge in [0.1, 0.15) is 0 Å². The SMILES string of the molecule is C=CC[NH2+]C1OCc2ccccc2CO1. The summed E-state index contributed by atoms with van der Waals surface area (Å²) in [6.07, 6.45) is 1.63. The molecule has 0 saturated heterocycles. The third-order valence-corrected chi connectivity index (χ3v) is 2.42. The predicted molar refractivity (Wildman–Crippen MR) is 56.8 cm³/mol. The van der Waals surface area contributed by atoms with E-state index in [2.05, 4.69) is 18.7 Å². The molecule has 0 radical (unpaired) electrons. The van der Waals surface area contributed by atoms with Crippen molar-refractivity contribution in [2.24, 2.45) is 0 Å². The van der Waals surface area contributed by atoms with Gasteiger partial charge in [0.05, 0.1) is 19.8 Å². The first-order valence-corrected chi connectivity index (χ1v) is 5.14. The lowest BCUT2D eigenvalue weighted by Gasteiger charge is -2.11. The van der Waals surface area contributed by atoms with Crippen LogP contribution in [0.15, 0.2) is 36.9 Å². The van der Waals surface area contributed by atoms with Crippen LogP contribution in [-0.2, 0) is 22.7 Å². The number of hydrogen-bond donors (Lipinski definition) is 1. The van der Waals surface area contributed by atoms with Crippen LogP contribution in [0.4, 0.5) is 0 Å². The predicted octanol–water partition coefficient (Wildman–Crippen LogP) is 0.766. The van der Waals surface area contributed by atoms with E-state index in [0.717, 1.165) is 6.54 Å². The van der Waals surface area contributed by atoms with Gasteiger partial charge >= 0.3 is 6.41 Å². The van der Waals surface area contributed by atoms with Crippen molar-refractivity contribution in [3.05, 3.63) is 48.0 Å². The molecule has 1 heterocycles. The van der Waals surface area contributed by atoms with Crippen LogP contribution in [0.3, 0.4) is 0 Å². The maximum absolute atomic E-state index is 5.61. The van der Waals surface area contributed by atoms with E-state index in [1.807, 2.05) is 23.5 Å². The largest absolute Gasteiger partial charge is 0.306 e. The second kappa shape index (κ2) is 5.07. The Morgan fingerprint density at radius 3 is 2.40 bits per heavy atom. The Labute approximate surface area is 89.7 Å². The number of ether oxygens (including phenoxy) is 2. The van der Waals surface area contributed by atoms with Crippen LogP contribution < -0.4 is 5.32 Å². The maximum atomic E-state index is 5.61. The van der Waals surface area contributed by atoms with Crippen molar-refractivity contribution in [2.45, 2.75) is 19.6 Å². The van der Waals surface area contributed by atoms with Crippen molar-refractivity contribution in [3.63, 3.8) is 0 Å². The Bertz CT molecular complexity index is 311. The minimum Gasteiger partial charge on any atom is -0.301 e. The van der Waals surface area contributed by atoms with Gasteiger partial charge in [-0.25, -0.2) is 0 Å². The Kier molecular flexibility index (Phi) is 3.50. The number of quaternary nitrogens is 1. The number of nitrogens with two attached hydrogens (primary N) is 1. The average Bonchev–Trinajstić information content (AvgIpc) is 2.49. The van der Waals surface area contributed by atoms with E-state index in [1.165, 1.54) is 11.1 Å². The van der Waals surface area contributed by atoms with Crippen molar-refractivity contribution >= 4 is 0 Å². The summed E-state index contributed by atoms with van der Waals surface area (Å²) >= 11 is 0. The summed E-state index contributed by atoms with van der Waals surface area (Å²) in [4.78, 5) is 0. The van der Waals surface area contributed by atoms with Crippen LogP contribution >= 0.6 is 0 Å². The summed E-state index contributed by atoms with van der Waals surface area (Å²) in [6, 6.07) is 8.20. The highest BCUT2D eigenvalue weighted by Gasteiger charge is 2.17. The molecule has 2 rings (SSSR count). The average molecular weight is 206 g/mol. The Morgan fingerprint density at radius 1 is 1.27 bits per heavy atom. The van der Waals surface area contributed by atoms with Crippen molar-refractivity contribution in [1.82, 2.24) is 0 Å². The van der Waals surface area contributed by atoms with Gasteiger partial charge in [-0.2, -0.15) is 0 Å². The van der Waals surface area contributed by atoms with E-state index in [-0.39, 0.29) is 6.41 Å². The Balaban J connectivity index is 1.99. The van der Waals surface area contributed by atoms with Crippen molar-refractivity contribution < 1.29 is 14.8 Å². The van der Waals surface area contributed by atoms with Crippen LogP contribution in [0.2, 0.25) is 0 Å². The lowest BCUT2D eigenvalue weighted by molar-refractivity contribution is -0.763. The third kappa shape index (κ3) is 2.65. The molecule has 0 spiro atoms. The molecule has 1 aliphatic rings. The fourth-order valence-electron chi connectivity index (χ4n) is 1.57. The van der Waals surface area contributed by atoms with Crippen LogP contribution in [-0.4, -0.2) is 13.0 Å². The molecule has 80 valence electrons. The second-order valence-electron chi connectivity index (χ2n) is 3.52. The lowest BCUT2D eigenvalue weighted by Crippen LogP contribution is -2.90. The van der Waals surface area contributed by atoms with E-state index in [4.69, 9.17) is 9.47 Å². The van der Waals surface area contributed by atoms with E-state index >= 15 is 0 Å². The molecule has 3 nitrogen and oxygen atoms in total. The van der Waals surface area contributed by atoms with Gasteiger partial charge in [-0.15, -0.1) is 0 Å². The second-order valence-corrected chi connectivity index (χ2v) is 3.52. The first-order valence-electron chi connectivity index (χ1n) is 5.14. The number of hydrogen-bond acceptors (Lipinski definition) is 2. The minimum absolute atomic E-state index is 0.213. The molecule has 0 saturated carbocycles. The van der Waals surface area contributed by atoms with E-state index in [9.17, 15) is 0 Å². The normalized spacial score (nSPS) is 16.8. The zero-order valence-corrected chi connectivity index (χ0v) is 8.69. The number of benzene rings is 1. The molecular weight excluding hydrogens is 190 g/mol. The molecule has 0 atom stereocenters. The van der Waals surface area contributed by atoms with Gasteiger partial charge in [0.2, 0.25) is 0 Å². The molecule has 15 heavy (non-hydrogen) atoms. The van der Waals surface area contributed by atoms with Gasteiger partial charge in [-0.05, 0) is 17.2 Å². The molecule has 3 heteroatoms. The van der Waals surface area contributed by atoms with Gasteiger partial charge in [0.25, 0.3) is 0 Å². The van der Waals surface area contributed by atoms with E-state index in [0.29, 0.717) is 13.2 Å². The van der Waals surface area contributed by atoms with Crippen molar-refractivity contribution in [1.29, 1.82) is 0 Å². The first-order chi connectivity index (χ1) is 7.40. The van der Waals surface area contributed by atoms with Crippen molar-refractivity contribution in [3.8, 4) is 0 Å². The highest BCUT2D eigenvalue weighted by molar-refractivity contribution is 5.26. The topological polar surface area (TPSA) is 35.1 Å². The maximum Gasteiger partial charge on any atom is 0.306 e. The summed E-state index contributed by atoms with van der Waals surface area (Å²) in [5.74, 6) is 0. The van der Waals surface area contributed by atoms with Gasteiger partial charge < -0.3 is 9.47 Å². The first kappa shape index (κ1) is 10.4. The molecule has 0 unspecified atom stereocenters. The fraction of sp³-hybridized carbons (Fsp3) is 0.333. The molecule has 0 bridgehead atoms. The molecule has 0 aromatic heterocycles. The Morgan fingerprint density at radius 2 is 1.87 bits per heavy atom. The van der Waals surface area contributed by atoms with Gasteiger partial charge in [0.15, 0.2) is 0 Å². The van der Waals surface area contributed by atoms with Crippen LogP contribution in [0.1, 0.15) is 11.1 Å². The van der Waals surface area contributed by atoms with Crippen LogP contribution in [0.25, 0.3) is 0 Å². The quantitative estimate of drug-likeness (QED) is 0.741. The summed E-state index contributed by atoms with van der Waals surface area (Å²) in [5.41, 5.74) is 2.43. The van der Waals surface area contributed by atoms with E-state index in [1.54, 1.807) is 0 Å². The van der Waals surface area contributed by atoms with Gasteiger partial charge in [-0.1, -0.05) is 30.8 Å². The summed E-state index contributed by atoms with van der Waals surface area (Å²) in [7, 11) is 0. The summed E-state index contributed by atoms with van der Waals surface area (Å²) < 4.78 is 11.2. The standard InChI is InChI=1S/C12H15NO2/c1-2-7-13-12-14-8-10-5-3-4-6-11(10)9-15-12/h2-6,12-13H,1,7-9H2/p+1. The molecule has 1 aromatic carbocycles. The van der Waals surface area contributed by atoms with Crippen LogP contribution in [0, 0.1) is 0 Å². The number of fused-ring (bicyclic) bond motifs is 1. The van der Waals surface area contributed by atoms with Gasteiger partial charge in [-0.3, -0.25) is 5.32 Å². The summed E-state index contributed by atoms with van der Waals surface area (Å²) in [6.45, 7) is 5.71. The molecule has 1 aliphatic heterocycles. The van der Waals surface area contributed by atoms with Crippen LogP contribution in [0.5, 0.6) is 0 Å². The third-order valence-electron chi connectivity index (χ3n) is 2.42. The zero-order chi connectivity index (χ0) is 10.5. The van der Waals surface area contributed by atoms with E-state index < -0.39 is 0 Å². The lowest BCUT2D eigenvalue weighted by atomic mass is 10.1.